The molecule has 1 aromatic rings. The fourth-order valence-corrected chi connectivity index (χ4v) is 2.19. The number of hydrogen-bond donors (Lipinski definition) is 1. The van der Waals surface area contributed by atoms with Crippen molar-refractivity contribution < 1.29 is 4.74 Å². The standard InChI is InChI=1S/C15H25NO/c1-5-17-15-12(3)9-11(2)10-14(15)8-6-7-13(4)16/h9-10,13H,5-8,16H2,1-4H3. The Morgan fingerprint density at radius 1 is 1.29 bits per heavy atom. The largest absolute Gasteiger partial charge is 0.493 e. The molecule has 0 spiro atoms. The highest BCUT2D eigenvalue weighted by Crippen LogP contribution is 2.27. The highest BCUT2D eigenvalue weighted by atomic mass is 16.5. The van der Waals surface area contributed by atoms with Gasteiger partial charge in [0.1, 0.15) is 5.75 Å². The molecule has 1 rings (SSSR count). The summed E-state index contributed by atoms with van der Waals surface area (Å²) in [6.07, 6.45) is 3.25. The lowest BCUT2D eigenvalue weighted by Crippen LogP contribution is -2.14. The summed E-state index contributed by atoms with van der Waals surface area (Å²) in [6.45, 7) is 9.07. The van der Waals surface area contributed by atoms with E-state index in [1.807, 2.05) is 6.92 Å². The second kappa shape index (κ2) is 6.65. The molecule has 0 saturated heterocycles. The van der Waals surface area contributed by atoms with Crippen molar-refractivity contribution in [1.82, 2.24) is 0 Å². The first-order valence-corrected chi connectivity index (χ1v) is 6.53. The lowest BCUT2D eigenvalue weighted by Gasteiger charge is -2.14. The topological polar surface area (TPSA) is 35.2 Å². The molecule has 0 aromatic heterocycles. The molecule has 96 valence electrons. The van der Waals surface area contributed by atoms with Crippen molar-refractivity contribution in [2.24, 2.45) is 5.73 Å². The van der Waals surface area contributed by atoms with Crippen molar-refractivity contribution >= 4 is 0 Å². The van der Waals surface area contributed by atoms with Crippen molar-refractivity contribution in [1.29, 1.82) is 0 Å². The van der Waals surface area contributed by atoms with E-state index in [9.17, 15) is 0 Å². The van der Waals surface area contributed by atoms with Gasteiger partial charge in [-0.05, 0) is 58.1 Å². The van der Waals surface area contributed by atoms with Crippen LogP contribution in [0, 0.1) is 13.8 Å². The van der Waals surface area contributed by atoms with Crippen molar-refractivity contribution in [3.63, 3.8) is 0 Å². The quantitative estimate of drug-likeness (QED) is 0.820. The van der Waals surface area contributed by atoms with E-state index in [0.717, 1.165) is 31.6 Å². The Labute approximate surface area is 105 Å². The first-order chi connectivity index (χ1) is 8.04. The lowest BCUT2D eigenvalue weighted by atomic mass is 10.00. The number of hydrogen-bond acceptors (Lipinski definition) is 2. The van der Waals surface area contributed by atoms with Crippen molar-refractivity contribution in [3.8, 4) is 5.75 Å². The Bertz CT molecular complexity index is 358. The summed E-state index contributed by atoms with van der Waals surface area (Å²) >= 11 is 0. The number of benzene rings is 1. The van der Waals surface area contributed by atoms with Gasteiger partial charge in [-0.2, -0.15) is 0 Å². The van der Waals surface area contributed by atoms with Gasteiger partial charge in [-0.1, -0.05) is 17.7 Å². The van der Waals surface area contributed by atoms with Gasteiger partial charge in [0.05, 0.1) is 6.61 Å². The molecule has 2 nitrogen and oxygen atoms in total. The van der Waals surface area contributed by atoms with Crippen LogP contribution >= 0.6 is 0 Å². The predicted octanol–water partition coefficient (Wildman–Crippen LogP) is 3.37. The summed E-state index contributed by atoms with van der Waals surface area (Å²) in [7, 11) is 0. The third-order valence-electron chi connectivity index (χ3n) is 2.89. The van der Waals surface area contributed by atoms with Crippen molar-refractivity contribution in [2.45, 2.75) is 53.0 Å². The molecule has 0 saturated carbocycles. The molecule has 0 aliphatic carbocycles. The minimum atomic E-state index is 0.288. The smallest absolute Gasteiger partial charge is 0.125 e. The van der Waals surface area contributed by atoms with Crippen LogP contribution in [-0.2, 0) is 6.42 Å². The maximum Gasteiger partial charge on any atom is 0.125 e. The fraction of sp³-hybridized carbons (Fsp3) is 0.600. The molecular formula is C15H25NO. The Kier molecular flexibility index (Phi) is 5.49. The molecule has 1 aromatic carbocycles. The van der Waals surface area contributed by atoms with E-state index in [1.165, 1.54) is 16.7 Å². The van der Waals surface area contributed by atoms with Gasteiger partial charge in [-0.25, -0.2) is 0 Å². The molecule has 0 aliphatic rings. The van der Waals surface area contributed by atoms with Crippen LogP contribution < -0.4 is 10.5 Å². The Morgan fingerprint density at radius 3 is 2.59 bits per heavy atom. The Morgan fingerprint density at radius 2 is 2.00 bits per heavy atom. The van der Waals surface area contributed by atoms with Crippen LogP contribution in [0.25, 0.3) is 0 Å². The van der Waals surface area contributed by atoms with Gasteiger partial charge in [-0.15, -0.1) is 0 Å². The molecule has 0 fully saturated rings. The van der Waals surface area contributed by atoms with E-state index < -0.39 is 0 Å². The second-order valence-electron chi connectivity index (χ2n) is 4.87. The van der Waals surface area contributed by atoms with Gasteiger partial charge in [0.15, 0.2) is 0 Å². The molecule has 2 N–H and O–H groups in total. The molecule has 0 amide bonds. The van der Waals surface area contributed by atoms with Crippen molar-refractivity contribution in [2.75, 3.05) is 6.61 Å². The molecule has 1 atom stereocenters. The average molecular weight is 235 g/mol. The number of rotatable bonds is 6. The molecule has 1 unspecified atom stereocenters. The lowest BCUT2D eigenvalue weighted by molar-refractivity contribution is 0.333. The maximum absolute atomic E-state index is 5.78. The summed E-state index contributed by atoms with van der Waals surface area (Å²) in [5.41, 5.74) is 9.65. The zero-order valence-corrected chi connectivity index (χ0v) is 11.5. The molecular weight excluding hydrogens is 210 g/mol. The number of ether oxygens (including phenoxy) is 1. The third kappa shape index (κ3) is 4.39. The summed E-state index contributed by atoms with van der Waals surface area (Å²) in [5, 5.41) is 0. The molecule has 0 aliphatic heterocycles. The van der Waals surface area contributed by atoms with Gasteiger partial charge in [0.2, 0.25) is 0 Å². The van der Waals surface area contributed by atoms with E-state index in [1.54, 1.807) is 0 Å². The molecule has 2 heteroatoms. The van der Waals surface area contributed by atoms with E-state index in [-0.39, 0.29) is 6.04 Å². The highest BCUT2D eigenvalue weighted by molar-refractivity contribution is 5.43. The van der Waals surface area contributed by atoms with Crippen molar-refractivity contribution in [3.05, 3.63) is 28.8 Å². The van der Waals surface area contributed by atoms with Crippen LogP contribution in [0.3, 0.4) is 0 Å². The van der Waals surface area contributed by atoms with Crippen LogP contribution in [0.4, 0.5) is 0 Å². The Balaban J connectivity index is 2.80. The zero-order chi connectivity index (χ0) is 12.8. The molecule has 0 bridgehead atoms. The predicted molar refractivity (Wildman–Crippen MR) is 73.7 cm³/mol. The van der Waals surface area contributed by atoms with Gasteiger partial charge in [-0.3, -0.25) is 0 Å². The van der Waals surface area contributed by atoms with Gasteiger partial charge in [0, 0.05) is 6.04 Å². The van der Waals surface area contributed by atoms with E-state index in [2.05, 4.69) is 32.9 Å². The third-order valence-corrected chi connectivity index (χ3v) is 2.89. The fourth-order valence-electron chi connectivity index (χ4n) is 2.19. The average Bonchev–Trinajstić information content (AvgIpc) is 2.22. The van der Waals surface area contributed by atoms with E-state index in [4.69, 9.17) is 10.5 Å². The summed E-state index contributed by atoms with van der Waals surface area (Å²) in [6, 6.07) is 4.70. The monoisotopic (exact) mass is 235 g/mol. The normalized spacial score (nSPS) is 12.5. The molecule has 0 heterocycles. The Hall–Kier alpha value is -1.02. The second-order valence-corrected chi connectivity index (χ2v) is 4.87. The van der Waals surface area contributed by atoms with Gasteiger partial charge < -0.3 is 10.5 Å². The minimum absolute atomic E-state index is 0.288. The first-order valence-electron chi connectivity index (χ1n) is 6.53. The highest BCUT2D eigenvalue weighted by Gasteiger charge is 2.08. The summed E-state index contributed by atoms with van der Waals surface area (Å²) < 4.78 is 5.75. The van der Waals surface area contributed by atoms with Gasteiger partial charge >= 0.3 is 0 Å². The number of aryl methyl sites for hydroxylation is 3. The SMILES string of the molecule is CCOc1c(C)cc(C)cc1CCCC(C)N. The molecule has 17 heavy (non-hydrogen) atoms. The minimum Gasteiger partial charge on any atom is -0.493 e. The van der Waals surface area contributed by atoms with Gasteiger partial charge in [0.25, 0.3) is 0 Å². The van der Waals surface area contributed by atoms with Crippen LogP contribution in [-0.4, -0.2) is 12.6 Å². The van der Waals surface area contributed by atoms with Crippen LogP contribution in [0.15, 0.2) is 12.1 Å². The first kappa shape index (κ1) is 14.0. The van der Waals surface area contributed by atoms with Crippen LogP contribution in [0.2, 0.25) is 0 Å². The summed E-state index contributed by atoms with van der Waals surface area (Å²) in [4.78, 5) is 0. The van der Waals surface area contributed by atoms with Crippen LogP contribution in [0.5, 0.6) is 5.75 Å². The van der Waals surface area contributed by atoms with E-state index >= 15 is 0 Å². The van der Waals surface area contributed by atoms with E-state index in [0.29, 0.717) is 0 Å². The summed E-state index contributed by atoms with van der Waals surface area (Å²) in [5.74, 6) is 1.07. The van der Waals surface area contributed by atoms with Crippen LogP contribution in [0.1, 0.15) is 43.4 Å². The zero-order valence-electron chi connectivity index (χ0n) is 11.5. The number of nitrogens with two attached hydrogens (primary N) is 1. The maximum atomic E-state index is 5.78. The molecule has 0 radical (unpaired) electrons.